The normalized spacial score (nSPS) is 12.7. The van der Waals surface area contributed by atoms with Crippen LogP contribution in [0.4, 0.5) is 0 Å². The molecule has 5 rings (SSSR count). The molecule has 0 bridgehead atoms. The second-order valence-electron chi connectivity index (χ2n) is 12.2. The molecule has 2 aromatic heterocycles. The Hall–Kier alpha value is -4.02. The zero-order valence-corrected chi connectivity index (χ0v) is 25.9. The largest absolute Gasteiger partial charge is 0.332 e. The van der Waals surface area contributed by atoms with Gasteiger partial charge in [-0.05, 0) is 55.2 Å². The highest BCUT2D eigenvalue weighted by molar-refractivity contribution is 7.89. The van der Waals surface area contributed by atoms with E-state index in [4.69, 9.17) is 5.10 Å². The highest BCUT2D eigenvalue weighted by atomic mass is 32.2. The summed E-state index contributed by atoms with van der Waals surface area (Å²) in [7, 11) is -0.826. The van der Waals surface area contributed by atoms with E-state index in [2.05, 4.69) is 0 Å². The summed E-state index contributed by atoms with van der Waals surface area (Å²) in [5, 5.41) is 7.27. The van der Waals surface area contributed by atoms with Crippen LogP contribution < -0.4 is 11.2 Å². The van der Waals surface area contributed by atoms with Crippen LogP contribution in [-0.2, 0) is 30.2 Å². The van der Waals surface area contributed by atoms with Crippen LogP contribution in [0, 0.1) is 5.92 Å². The lowest BCUT2D eigenvalue weighted by molar-refractivity contribution is 0.292. The van der Waals surface area contributed by atoms with Crippen molar-refractivity contribution in [3.8, 4) is 11.3 Å². The average molecular weight is 588 g/mol. The van der Waals surface area contributed by atoms with Gasteiger partial charge in [-0.2, -0.15) is 9.40 Å². The molecule has 220 valence electrons. The Morgan fingerprint density at radius 3 is 2.31 bits per heavy atom. The molecule has 0 saturated heterocycles. The molecule has 3 aromatic carbocycles. The van der Waals surface area contributed by atoms with Gasteiger partial charge in [-0.15, -0.1) is 0 Å². The first-order valence-electron chi connectivity index (χ1n) is 14.0. The van der Waals surface area contributed by atoms with Gasteiger partial charge in [0.1, 0.15) is 5.39 Å². The van der Waals surface area contributed by atoms with Crippen molar-refractivity contribution in [2.75, 3.05) is 7.05 Å². The summed E-state index contributed by atoms with van der Waals surface area (Å²) in [6, 6.07) is 20.7. The number of fused-ring (bicyclic) bond motifs is 2. The minimum absolute atomic E-state index is 0.107. The molecule has 2 heterocycles. The molecule has 0 N–H and O–H groups in total. The van der Waals surface area contributed by atoms with E-state index in [1.54, 1.807) is 40.6 Å². The lowest BCUT2D eigenvalue weighted by Crippen LogP contribution is -2.42. The Bertz CT molecular complexity index is 2040. The maximum absolute atomic E-state index is 13.8. The fourth-order valence-corrected chi connectivity index (χ4v) is 6.78. The van der Waals surface area contributed by atoms with E-state index in [1.165, 1.54) is 11.4 Å². The van der Waals surface area contributed by atoms with Gasteiger partial charge in [0.05, 0.1) is 17.1 Å². The third kappa shape index (κ3) is 5.09. The fourth-order valence-electron chi connectivity index (χ4n) is 5.21. The Labute approximate surface area is 245 Å². The summed E-state index contributed by atoms with van der Waals surface area (Å²) in [6.45, 7) is 10.2. The Kier molecular flexibility index (Phi) is 7.49. The molecular weight excluding hydrogens is 550 g/mol. The molecule has 0 aliphatic carbocycles. The number of hydrogen-bond donors (Lipinski definition) is 0. The fraction of sp³-hybridized carbons (Fsp3) is 0.344. The van der Waals surface area contributed by atoms with Gasteiger partial charge in [0.25, 0.3) is 5.56 Å². The molecule has 0 amide bonds. The van der Waals surface area contributed by atoms with E-state index in [0.29, 0.717) is 24.3 Å². The van der Waals surface area contributed by atoms with Crippen molar-refractivity contribution in [2.45, 2.75) is 58.1 Å². The van der Waals surface area contributed by atoms with Crippen molar-refractivity contribution >= 4 is 31.8 Å². The SMILES string of the molecule is CC(C)Cn1c(=O)n(C)c(=O)c2c(-c3cccc(S(=O)(=O)N(C)C(C)(C)C)c3)n(Cc3cccc4ccccc34)nc21. The summed E-state index contributed by atoms with van der Waals surface area (Å²) in [5.74, 6) is 0.122. The summed E-state index contributed by atoms with van der Waals surface area (Å²) < 4.78 is 32.9. The van der Waals surface area contributed by atoms with Crippen LogP contribution in [0.25, 0.3) is 33.1 Å². The number of aromatic nitrogens is 4. The van der Waals surface area contributed by atoms with Crippen LogP contribution in [0.3, 0.4) is 0 Å². The van der Waals surface area contributed by atoms with Crippen molar-refractivity contribution in [3.05, 3.63) is 93.1 Å². The Balaban J connectivity index is 1.83. The predicted octanol–water partition coefficient (Wildman–Crippen LogP) is 4.84. The molecule has 0 fully saturated rings. The van der Waals surface area contributed by atoms with E-state index in [0.717, 1.165) is 20.9 Å². The average Bonchev–Trinajstić information content (AvgIpc) is 3.32. The maximum atomic E-state index is 13.8. The lowest BCUT2D eigenvalue weighted by atomic mass is 10.0. The van der Waals surface area contributed by atoms with Gasteiger partial charge in [0.15, 0.2) is 5.65 Å². The van der Waals surface area contributed by atoms with Gasteiger partial charge in [0.2, 0.25) is 10.0 Å². The zero-order chi connectivity index (χ0) is 30.6. The first-order chi connectivity index (χ1) is 19.7. The molecule has 0 aliphatic heterocycles. The summed E-state index contributed by atoms with van der Waals surface area (Å²) >= 11 is 0. The molecule has 0 radical (unpaired) electrons. The van der Waals surface area contributed by atoms with Gasteiger partial charge in [0, 0.05) is 31.7 Å². The second kappa shape index (κ2) is 10.7. The summed E-state index contributed by atoms with van der Waals surface area (Å²) in [4.78, 5) is 27.1. The molecule has 0 aliphatic rings. The van der Waals surface area contributed by atoms with Gasteiger partial charge in [-0.25, -0.2) is 13.2 Å². The van der Waals surface area contributed by atoms with E-state index < -0.39 is 26.8 Å². The predicted molar refractivity (Wildman–Crippen MR) is 167 cm³/mol. The van der Waals surface area contributed by atoms with Crippen molar-refractivity contribution in [1.82, 2.24) is 23.2 Å². The van der Waals surface area contributed by atoms with Crippen LogP contribution in [0.15, 0.2) is 81.2 Å². The Morgan fingerprint density at radius 1 is 0.952 bits per heavy atom. The number of nitrogens with zero attached hydrogens (tertiary/aromatic N) is 5. The van der Waals surface area contributed by atoms with Gasteiger partial charge in [-0.3, -0.25) is 18.6 Å². The van der Waals surface area contributed by atoms with E-state index in [1.807, 2.05) is 77.1 Å². The first-order valence-corrected chi connectivity index (χ1v) is 15.4. The number of rotatable bonds is 7. The smallest absolute Gasteiger partial charge is 0.276 e. The van der Waals surface area contributed by atoms with Crippen LogP contribution >= 0.6 is 0 Å². The maximum Gasteiger partial charge on any atom is 0.332 e. The molecule has 0 atom stereocenters. The third-order valence-electron chi connectivity index (χ3n) is 7.68. The van der Waals surface area contributed by atoms with Crippen LogP contribution in [0.2, 0.25) is 0 Å². The summed E-state index contributed by atoms with van der Waals surface area (Å²) in [5.41, 5.74) is 0.694. The van der Waals surface area contributed by atoms with Crippen molar-refractivity contribution < 1.29 is 8.42 Å². The zero-order valence-electron chi connectivity index (χ0n) is 25.1. The molecule has 9 nitrogen and oxygen atoms in total. The number of sulfonamides is 1. The van der Waals surface area contributed by atoms with Crippen LogP contribution in [-0.4, -0.2) is 44.2 Å². The molecule has 0 saturated carbocycles. The quantitative estimate of drug-likeness (QED) is 0.271. The molecule has 5 aromatic rings. The highest BCUT2D eigenvalue weighted by Gasteiger charge is 2.31. The topological polar surface area (TPSA) is 99.2 Å². The molecule has 0 unspecified atom stereocenters. The van der Waals surface area contributed by atoms with Crippen LogP contribution in [0.1, 0.15) is 40.2 Å². The van der Waals surface area contributed by atoms with Crippen molar-refractivity contribution in [3.63, 3.8) is 0 Å². The first kappa shape index (κ1) is 29.5. The van der Waals surface area contributed by atoms with E-state index in [-0.39, 0.29) is 21.8 Å². The van der Waals surface area contributed by atoms with Gasteiger partial charge in [-0.1, -0.05) is 68.4 Å². The standard InChI is InChI=1S/C32H37N5O4S/c1-21(2)19-36-29-27(30(38)34(6)31(36)39)28(23-14-11-16-25(18-23)42(40,41)35(7)32(3,4)5)37(33-29)20-24-15-10-13-22-12-8-9-17-26(22)24/h8-18,21H,19-20H2,1-7H3. The van der Waals surface area contributed by atoms with E-state index >= 15 is 0 Å². The van der Waals surface area contributed by atoms with Gasteiger partial charge < -0.3 is 0 Å². The van der Waals surface area contributed by atoms with Crippen LogP contribution in [0.5, 0.6) is 0 Å². The minimum Gasteiger partial charge on any atom is -0.276 e. The highest BCUT2D eigenvalue weighted by Crippen LogP contribution is 2.32. The minimum atomic E-state index is -3.85. The monoisotopic (exact) mass is 587 g/mol. The third-order valence-corrected chi connectivity index (χ3v) is 9.80. The van der Waals surface area contributed by atoms with Crippen molar-refractivity contribution in [2.24, 2.45) is 13.0 Å². The molecule has 0 spiro atoms. The molecule has 42 heavy (non-hydrogen) atoms. The summed E-state index contributed by atoms with van der Waals surface area (Å²) in [6.07, 6.45) is 0. The Morgan fingerprint density at radius 2 is 1.62 bits per heavy atom. The van der Waals surface area contributed by atoms with E-state index in [9.17, 15) is 18.0 Å². The molecule has 10 heteroatoms. The second-order valence-corrected chi connectivity index (χ2v) is 14.1. The lowest BCUT2D eigenvalue weighted by Gasteiger charge is -2.31. The molecular formula is C32H37N5O4S. The number of benzene rings is 3. The van der Waals surface area contributed by atoms with Gasteiger partial charge >= 0.3 is 5.69 Å². The van der Waals surface area contributed by atoms with Crippen molar-refractivity contribution in [1.29, 1.82) is 0 Å². The number of hydrogen-bond acceptors (Lipinski definition) is 5.